The molecule has 10 heteroatoms. The smallest absolute Gasteiger partial charge is 0.261 e. The highest BCUT2D eigenvalue weighted by atomic mass is 32.2. The molecule has 0 spiro atoms. The third-order valence-electron chi connectivity index (χ3n) is 5.63. The lowest BCUT2D eigenvalue weighted by Crippen LogP contribution is -2.41. The molecular weight excluding hydrogens is 425 g/mol. The molecule has 0 unspecified atom stereocenters. The average Bonchev–Trinajstić information content (AvgIpc) is 2.98. The predicted octanol–water partition coefficient (Wildman–Crippen LogP) is 2.09. The molecule has 1 fully saturated rings. The number of rotatable bonds is 4. The Morgan fingerprint density at radius 3 is 2.26 bits per heavy atom. The second-order valence-electron chi connectivity index (χ2n) is 7.55. The van der Waals surface area contributed by atoms with Gasteiger partial charge in [-0.05, 0) is 55.3 Å². The van der Waals surface area contributed by atoms with Crippen LogP contribution in [0.4, 0.5) is 10.1 Å². The lowest BCUT2D eigenvalue weighted by molar-refractivity contribution is -0.120. The van der Waals surface area contributed by atoms with Gasteiger partial charge in [0.2, 0.25) is 15.9 Å². The largest absolute Gasteiger partial charge is 0.326 e. The van der Waals surface area contributed by atoms with Crippen LogP contribution in [0.25, 0.3) is 0 Å². The molecule has 0 bridgehead atoms. The number of imide groups is 1. The molecule has 0 saturated carbocycles. The van der Waals surface area contributed by atoms with E-state index in [9.17, 15) is 27.2 Å². The first-order valence-corrected chi connectivity index (χ1v) is 11.2. The number of carbonyl (C=O) groups excluding carboxylic acids is 3. The molecule has 0 aromatic heterocycles. The number of fused-ring (bicyclic) bond motifs is 1. The molecular formula is C21H20FN3O5S. The van der Waals surface area contributed by atoms with Crippen LogP contribution in [-0.4, -0.2) is 55.5 Å². The van der Waals surface area contributed by atoms with Crippen LogP contribution < -0.4 is 5.32 Å². The number of nitrogens with zero attached hydrogens (tertiary/aromatic N) is 2. The van der Waals surface area contributed by atoms with Gasteiger partial charge in [0.15, 0.2) is 0 Å². The van der Waals surface area contributed by atoms with Crippen LogP contribution in [0.15, 0.2) is 47.4 Å². The highest BCUT2D eigenvalue weighted by Gasteiger charge is 2.34. The molecule has 8 nitrogen and oxygen atoms in total. The van der Waals surface area contributed by atoms with Crippen molar-refractivity contribution in [1.82, 2.24) is 9.21 Å². The summed E-state index contributed by atoms with van der Waals surface area (Å²) in [6.45, 7) is 0.333. The number of benzene rings is 2. The van der Waals surface area contributed by atoms with Gasteiger partial charge in [-0.2, -0.15) is 4.31 Å². The monoisotopic (exact) mass is 445 g/mol. The van der Waals surface area contributed by atoms with Crippen LogP contribution in [0.3, 0.4) is 0 Å². The lowest BCUT2D eigenvalue weighted by atomic mass is 9.97. The summed E-state index contributed by atoms with van der Waals surface area (Å²) in [5.41, 5.74) is 0.942. The second kappa shape index (κ2) is 7.86. The molecule has 2 heterocycles. The second-order valence-corrected chi connectivity index (χ2v) is 9.49. The van der Waals surface area contributed by atoms with Gasteiger partial charge in [0.25, 0.3) is 11.8 Å². The minimum absolute atomic E-state index is 0.0131. The number of nitrogens with one attached hydrogen (secondary N) is 1. The van der Waals surface area contributed by atoms with Crippen molar-refractivity contribution in [1.29, 1.82) is 0 Å². The fraction of sp³-hybridized carbons (Fsp3) is 0.286. The molecule has 3 amide bonds. The minimum atomic E-state index is -3.75. The fourth-order valence-electron chi connectivity index (χ4n) is 3.80. The molecule has 2 aromatic carbocycles. The minimum Gasteiger partial charge on any atom is -0.326 e. The third kappa shape index (κ3) is 3.84. The first-order chi connectivity index (χ1) is 14.7. The van der Waals surface area contributed by atoms with E-state index in [4.69, 9.17) is 0 Å². The van der Waals surface area contributed by atoms with E-state index < -0.39 is 27.7 Å². The van der Waals surface area contributed by atoms with E-state index >= 15 is 0 Å². The topological polar surface area (TPSA) is 104 Å². The number of hydrogen-bond donors (Lipinski definition) is 1. The number of carbonyl (C=O) groups is 3. The first-order valence-electron chi connectivity index (χ1n) is 9.71. The summed E-state index contributed by atoms with van der Waals surface area (Å²) in [5.74, 6) is -1.99. The van der Waals surface area contributed by atoms with E-state index in [2.05, 4.69) is 5.32 Å². The molecule has 0 aliphatic carbocycles. The van der Waals surface area contributed by atoms with Crippen molar-refractivity contribution >= 4 is 33.4 Å². The zero-order chi connectivity index (χ0) is 22.3. The van der Waals surface area contributed by atoms with E-state index in [0.717, 1.165) is 17.0 Å². The Morgan fingerprint density at radius 2 is 1.61 bits per heavy atom. The maximum atomic E-state index is 13.1. The molecule has 1 N–H and O–H groups in total. The SMILES string of the molecule is CN1C(=O)c2ccc(NC(=O)C3CCN(S(=O)(=O)c4ccc(F)cc4)CC3)cc2C1=O. The Hall–Kier alpha value is -3.11. The van der Waals surface area contributed by atoms with Crippen LogP contribution >= 0.6 is 0 Å². The Labute approximate surface area is 178 Å². The predicted molar refractivity (Wildman–Crippen MR) is 109 cm³/mol. The van der Waals surface area contributed by atoms with Crippen molar-refractivity contribution in [2.24, 2.45) is 5.92 Å². The highest BCUT2D eigenvalue weighted by Crippen LogP contribution is 2.27. The quantitative estimate of drug-likeness (QED) is 0.726. The zero-order valence-electron chi connectivity index (χ0n) is 16.7. The summed E-state index contributed by atoms with van der Waals surface area (Å²) in [6, 6.07) is 9.19. The average molecular weight is 445 g/mol. The molecule has 0 atom stereocenters. The molecule has 2 aromatic rings. The number of anilines is 1. The lowest BCUT2D eigenvalue weighted by Gasteiger charge is -2.30. The molecule has 1 saturated heterocycles. The number of hydrogen-bond acceptors (Lipinski definition) is 5. The maximum absolute atomic E-state index is 13.1. The fourth-order valence-corrected chi connectivity index (χ4v) is 5.27. The van der Waals surface area contributed by atoms with E-state index in [1.165, 1.54) is 35.6 Å². The van der Waals surface area contributed by atoms with Gasteiger partial charge in [-0.3, -0.25) is 19.3 Å². The molecule has 2 aliphatic rings. The molecule has 31 heavy (non-hydrogen) atoms. The Morgan fingerprint density at radius 1 is 1.00 bits per heavy atom. The number of halogens is 1. The summed E-state index contributed by atoms with van der Waals surface area (Å²) in [7, 11) is -2.35. The number of sulfonamides is 1. The Bertz CT molecular complexity index is 1170. The van der Waals surface area contributed by atoms with Gasteiger partial charge in [0.05, 0.1) is 16.0 Å². The van der Waals surface area contributed by atoms with Gasteiger partial charge in [-0.1, -0.05) is 0 Å². The van der Waals surface area contributed by atoms with Crippen molar-refractivity contribution < 1.29 is 27.2 Å². The van der Waals surface area contributed by atoms with Crippen molar-refractivity contribution in [3.8, 4) is 0 Å². The number of amides is 3. The van der Waals surface area contributed by atoms with Crippen molar-refractivity contribution in [2.75, 3.05) is 25.5 Å². The molecule has 0 radical (unpaired) electrons. The van der Waals surface area contributed by atoms with Gasteiger partial charge in [-0.25, -0.2) is 12.8 Å². The van der Waals surface area contributed by atoms with E-state index in [1.807, 2.05) is 0 Å². The van der Waals surface area contributed by atoms with Crippen LogP contribution in [-0.2, 0) is 14.8 Å². The number of piperidine rings is 1. The van der Waals surface area contributed by atoms with Gasteiger partial charge in [0, 0.05) is 31.7 Å². The van der Waals surface area contributed by atoms with E-state index in [-0.39, 0.29) is 35.4 Å². The van der Waals surface area contributed by atoms with Crippen molar-refractivity contribution in [3.05, 3.63) is 59.4 Å². The Balaban J connectivity index is 1.40. The third-order valence-corrected chi connectivity index (χ3v) is 7.55. The normalized spacial score (nSPS) is 17.7. The first kappa shape index (κ1) is 21.1. The Kier molecular flexibility index (Phi) is 5.36. The summed E-state index contributed by atoms with van der Waals surface area (Å²) in [5, 5.41) is 2.75. The summed E-state index contributed by atoms with van der Waals surface area (Å²) < 4.78 is 39.8. The van der Waals surface area contributed by atoms with Crippen LogP contribution in [0.1, 0.15) is 33.6 Å². The standard InChI is InChI=1S/C21H20FN3O5S/c1-24-20(27)17-7-4-15(12-18(17)21(24)28)23-19(26)13-8-10-25(11-9-13)31(29,30)16-5-2-14(22)3-6-16/h2-7,12-13H,8-11H2,1H3,(H,23,26). The molecule has 2 aliphatic heterocycles. The highest BCUT2D eigenvalue weighted by molar-refractivity contribution is 7.89. The molecule has 162 valence electrons. The van der Waals surface area contributed by atoms with Crippen molar-refractivity contribution in [3.63, 3.8) is 0 Å². The van der Waals surface area contributed by atoms with E-state index in [0.29, 0.717) is 24.1 Å². The van der Waals surface area contributed by atoms with Crippen LogP contribution in [0.5, 0.6) is 0 Å². The van der Waals surface area contributed by atoms with E-state index in [1.54, 1.807) is 6.07 Å². The van der Waals surface area contributed by atoms with Gasteiger partial charge >= 0.3 is 0 Å². The van der Waals surface area contributed by atoms with Crippen LogP contribution in [0.2, 0.25) is 0 Å². The van der Waals surface area contributed by atoms with Gasteiger partial charge in [0.1, 0.15) is 5.82 Å². The zero-order valence-corrected chi connectivity index (χ0v) is 17.5. The van der Waals surface area contributed by atoms with Gasteiger partial charge < -0.3 is 5.32 Å². The summed E-state index contributed by atoms with van der Waals surface area (Å²) in [6.07, 6.45) is 0.661. The molecule has 4 rings (SSSR count). The summed E-state index contributed by atoms with van der Waals surface area (Å²) >= 11 is 0. The van der Waals surface area contributed by atoms with Crippen LogP contribution in [0, 0.1) is 11.7 Å². The van der Waals surface area contributed by atoms with Gasteiger partial charge in [-0.15, -0.1) is 0 Å². The van der Waals surface area contributed by atoms with Crippen molar-refractivity contribution in [2.45, 2.75) is 17.7 Å². The maximum Gasteiger partial charge on any atom is 0.261 e. The summed E-state index contributed by atoms with van der Waals surface area (Å²) in [4.78, 5) is 37.8.